The van der Waals surface area contributed by atoms with Crippen LogP contribution in [0.5, 0.6) is 0 Å². The van der Waals surface area contributed by atoms with E-state index in [1.54, 1.807) is 60.3 Å². The Balaban J connectivity index is 1.38. The van der Waals surface area contributed by atoms with Gasteiger partial charge in [-0.15, -0.1) is 0 Å². The second-order valence-electron chi connectivity index (χ2n) is 8.42. The van der Waals surface area contributed by atoms with E-state index in [1.165, 1.54) is 16.9 Å². The van der Waals surface area contributed by atoms with E-state index in [0.717, 1.165) is 5.56 Å². The van der Waals surface area contributed by atoms with Crippen LogP contribution in [-0.4, -0.2) is 30.5 Å². The van der Waals surface area contributed by atoms with Gasteiger partial charge in [0.1, 0.15) is 6.54 Å². The first-order chi connectivity index (χ1) is 17.8. The van der Waals surface area contributed by atoms with Crippen LogP contribution >= 0.6 is 23.2 Å². The summed E-state index contributed by atoms with van der Waals surface area (Å²) in [4.78, 5) is 17.4. The highest BCUT2D eigenvalue weighted by atomic mass is 35.5. The molecule has 5 rings (SSSR count). The zero-order valence-corrected chi connectivity index (χ0v) is 21.0. The summed E-state index contributed by atoms with van der Waals surface area (Å²) in [7, 11) is 0. The third-order valence-electron chi connectivity index (χ3n) is 5.77. The summed E-state index contributed by atoms with van der Waals surface area (Å²) in [6, 6.07) is 15.6. The summed E-state index contributed by atoms with van der Waals surface area (Å²) in [5.41, 5.74) is 2.78. The van der Waals surface area contributed by atoms with Gasteiger partial charge in [-0.3, -0.25) is 9.48 Å². The number of amides is 1. The minimum atomic E-state index is -2.72. The summed E-state index contributed by atoms with van der Waals surface area (Å²) in [6.07, 6.45) is 0.447. The van der Waals surface area contributed by atoms with Crippen molar-refractivity contribution >= 4 is 45.8 Å². The monoisotopic (exact) mass is 540 g/mol. The van der Waals surface area contributed by atoms with E-state index in [1.807, 2.05) is 6.07 Å². The molecule has 2 aromatic carbocycles. The largest absolute Gasteiger partial charge is 0.322 e. The van der Waals surface area contributed by atoms with Gasteiger partial charge >= 0.3 is 0 Å². The van der Waals surface area contributed by atoms with E-state index >= 15 is 0 Å². The van der Waals surface area contributed by atoms with Gasteiger partial charge in [-0.25, -0.2) is 18.4 Å². The van der Waals surface area contributed by atoms with Crippen molar-refractivity contribution < 1.29 is 13.6 Å². The number of hydrogen-bond donors (Lipinski definition) is 1. The van der Waals surface area contributed by atoms with E-state index in [0.29, 0.717) is 39.2 Å². The first-order valence-corrected chi connectivity index (χ1v) is 12.0. The third-order valence-corrected chi connectivity index (χ3v) is 6.36. The smallest absolute Gasteiger partial charge is 0.264 e. The van der Waals surface area contributed by atoms with E-state index in [9.17, 15) is 13.6 Å². The highest BCUT2D eigenvalue weighted by Gasteiger charge is 2.22. The Morgan fingerprint density at radius 1 is 1.11 bits per heavy atom. The van der Waals surface area contributed by atoms with Crippen LogP contribution in [0.2, 0.25) is 10.0 Å². The number of benzene rings is 2. The number of aromatic nitrogens is 5. The molecule has 0 aliphatic heterocycles. The highest BCUT2D eigenvalue weighted by Crippen LogP contribution is 2.33. The van der Waals surface area contributed by atoms with Crippen molar-refractivity contribution in [1.82, 2.24) is 24.5 Å². The maximum Gasteiger partial charge on any atom is 0.264 e. The maximum absolute atomic E-state index is 14.0. The standard InChI is InChI=1S/C26H20Cl2F2N6O/c1-15-24-20(25(29)30)10-22(16-5-3-2-4-6-16)33-26(24)36(34-15)14-23(37)32-19-11-31-35(13-19)12-17-7-8-18(27)9-21(17)28/h2-11,13,25H,12,14H2,1H3,(H,32,37). The fourth-order valence-corrected chi connectivity index (χ4v) is 4.57. The molecular weight excluding hydrogens is 521 g/mol. The molecule has 0 saturated carbocycles. The Bertz CT molecular complexity index is 1600. The summed E-state index contributed by atoms with van der Waals surface area (Å²) in [6.45, 7) is 1.79. The highest BCUT2D eigenvalue weighted by molar-refractivity contribution is 6.35. The van der Waals surface area contributed by atoms with Gasteiger partial charge in [-0.05, 0) is 30.7 Å². The molecule has 0 unspecified atom stereocenters. The number of hydrogen-bond acceptors (Lipinski definition) is 4. The van der Waals surface area contributed by atoms with Crippen molar-refractivity contribution in [3.05, 3.63) is 93.9 Å². The Morgan fingerprint density at radius 2 is 1.89 bits per heavy atom. The normalized spacial score (nSPS) is 11.4. The number of nitrogens with zero attached hydrogens (tertiary/aromatic N) is 5. The van der Waals surface area contributed by atoms with Crippen molar-refractivity contribution in [2.24, 2.45) is 0 Å². The van der Waals surface area contributed by atoms with Crippen LogP contribution in [0.25, 0.3) is 22.3 Å². The second-order valence-corrected chi connectivity index (χ2v) is 9.26. The molecule has 3 aromatic heterocycles. The molecule has 0 bridgehead atoms. The van der Waals surface area contributed by atoms with Crippen LogP contribution < -0.4 is 5.32 Å². The van der Waals surface area contributed by atoms with Gasteiger partial charge in [0.15, 0.2) is 5.65 Å². The predicted octanol–water partition coefficient (Wildman–Crippen LogP) is 6.53. The van der Waals surface area contributed by atoms with E-state index < -0.39 is 12.3 Å². The Morgan fingerprint density at radius 3 is 2.62 bits per heavy atom. The molecular formula is C26H20Cl2F2N6O. The van der Waals surface area contributed by atoms with Crippen molar-refractivity contribution in [2.45, 2.75) is 26.4 Å². The number of nitrogens with one attached hydrogen (secondary N) is 1. The average molecular weight is 541 g/mol. The number of alkyl halides is 2. The Hall–Kier alpha value is -3.82. The molecule has 0 fully saturated rings. The molecule has 3 heterocycles. The fourth-order valence-electron chi connectivity index (χ4n) is 4.10. The molecule has 188 valence electrons. The maximum atomic E-state index is 14.0. The zero-order valence-electron chi connectivity index (χ0n) is 19.5. The number of rotatable bonds is 7. The van der Waals surface area contributed by atoms with Gasteiger partial charge in [-0.2, -0.15) is 10.2 Å². The minimum Gasteiger partial charge on any atom is -0.322 e. The Labute approximate surface area is 220 Å². The molecule has 0 aliphatic rings. The molecule has 7 nitrogen and oxygen atoms in total. The molecule has 0 aliphatic carbocycles. The molecule has 0 radical (unpaired) electrons. The molecule has 11 heteroatoms. The van der Waals surface area contributed by atoms with E-state index in [-0.39, 0.29) is 23.1 Å². The van der Waals surface area contributed by atoms with Gasteiger partial charge in [0, 0.05) is 27.4 Å². The van der Waals surface area contributed by atoms with E-state index in [2.05, 4.69) is 20.5 Å². The minimum absolute atomic E-state index is 0.171. The van der Waals surface area contributed by atoms with Crippen LogP contribution in [0.3, 0.4) is 0 Å². The van der Waals surface area contributed by atoms with Crippen molar-refractivity contribution in [1.29, 1.82) is 0 Å². The lowest BCUT2D eigenvalue weighted by Crippen LogP contribution is -2.19. The summed E-state index contributed by atoms with van der Waals surface area (Å²) in [5.74, 6) is -0.404. The van der Waals surface area contributed by atoms with Gasteiger partial charge in [0.2, 0.25) is 5.91 Å². The molecule has 0 saturated heterocycles. The number of fused-ring (bicyclic) bond motifs is 1. The zero-order chi connectivity index (χ0) is 26.1. The summed E-state index contributed by atoms with van der Waals surface area (Å²) < 4.78 is 30.9. The molecule has 5 aromatic rings. The number of carbonyl (C=O) groups excluding carboxylic acids is 1. The van der Waals surface area contributed by atoms with Crippen LogP contribution in [0.15, 0.2) is 67.0 Å². The average Bonchev–Trinajstić information content (AvgIpc) is 3.44. The SMILES string of the molecule is Cc1nn(CC(=O)Nc2cnn(Cc3ccc(Cl)cc3Cl)c2)c2nc(-c3ccccc3)cc(C(F)F)c12. The lowest BCUT2D eigenvalue weighted by molar-refractivity contribution is -0.116. The molecule has 0 atom stereocenters. The van der Waals surface area contributed by atoms with E-state index in [4.69, 9.17) is 23.2 Å². The van der Waals surface area contributed by atoms with Crippen molar-refractivity contribution in [3.8, 4) is 11.3 Å². The van der Waals surface area contributed by atoms with Crippen LogP contribution in [-0.2, 0) is 17.9 Å². The third kappa shape index (κ3) is 5.33. The van der Waals surface area contributed by atoms with Crippen LogP contribution in [0, 0.1) is 6.92 Å². The molecule has 1 amide bonds. The topological polar surface area (TPSA) is 77.6 Å². The lowest BCUT2D eigenvalue weighted by atomic mass is 10.1. The summed E-state index contributed by atoms with van der Waals surface area (Å²) >= 11 is 12.2. The molecule has 37 heavy (non-hydrogen) atoms. The summed E-state index contributed by atoms with van der Waals surface area (Å²) in [5, 5.41) is 12.7. The first-order valence-electron chi connectivity index (χ1n) is 11.3. The first kappa shape index (κ1) is 24.9. The lowest BCUT2D eigenvalue weighted by Gasteiger charge is -2.09. The van der Waals surface area contributed by atoms with Gasteiger partial charge in [0.25, 0.3) is 6.43 Å². The molecule has 1 N–H and O–H groups in total. The Kier molecular flexibility index (Phi) is 6.90. The van der Waals surface area contributed by atoms with Crippen molar-refractivity contribution in [3.63, 3.8) is 0 Å². The number of anilines is 1. The quantitative estimate of drug-likeness (QED) is 0.254. The van der Waals surface area contributed by atoms with Gasteiger partial charge in [-0.1, -0.05) is 59.6 Å². The number of carbonyl (C=O) groups is 1. The van der Waals surface area contributed by atoms with Crippen LogP contribution in [0.4, 0.5) is 14.5 Å². The van der Waals surface area contributed by atoms with Crippen molar-refractivity contribution in [2.75, 3.05) is 5.32 Å². The van der Waals surface area contributed by atoms with Crippen LogP contribution in [0.1, 0.15) is 23.2 Å². The fraction of sp³-hybridized carbons (Fsp3) is 0.154. The van der Waals surface area contributed by atoms with Gasteiger partial charge in [0.05, 0.1) is 35.2 Å². The number of aryl methyl sites for hydroxylation is 1. The van der Waals surface area contributed by atoms with Gasteiger partial charge < -0.3 is 5.32 Å². The number of halogens is 4. The number of pyridine rings is 1. The molecule has 0 spiro atoms. The predicted molar refractivity (Wildman–Crippen MR) is 139 cm³/mol. The second kappa shape index (κ2) is 10.3.